The van der Waals surface area contributed by atoms with Gasteiger partial charge in [0, 0.05) is 29.3 Å². The molecule has 6 nitrogen and oxygen atoms in total. The number of para-hydroxylation sites is 1. The van der Waals surface area contributed by atoms with Crippen molar-refractivity contribution in [3.63, 3.8) is 0 Å². The highest BCUT2D eigenvalue weighted by atomic mass is 16.5. The lowest BCUT2D eigenvalue weighted by molar-refractivity contribution is -0.122. The van der Waals surface area contributed by atoms with Crippen molar-refractivity contribution in [3.8, 4) is 17.1 Å². The molecule has 1 aliphatic rings. The lowest BCUT2D eigenvalue weighted by Gasteiger charge is -2.24. The van der Waals surface area contributed by atoms with Gasteiger partial charge in [0.2, 0.25) is 0 Å². The molecule has 178 valence electrons. The van der Waals surface area contributed by atoms with Crippen molar-refractivity contribution < 1.29 is 23.8 Å². The zero-order chi connectivity index (χ0) is 24.2. The Morgan fingerprint density at radius 1 is 1.09 bits per heavy atom. The van der Waals surface area contributed by atoms with E-state index in [1.807, 2.05) is 65.6 Å². The first kappa shape index (κ1) is 24.8. The Hall–Kier alpha value is -3.80. The second kappa shape index (κ2) is 13.0. The fourth-order valence-corrected chi connectivity index (χ4v) is 3.59. The maximum Gasteiger partial charge on any atom is 0.290 e. The van der Waals surface area contributed by atoms with Crippen LogP contribution in [0.3, 0.4) is 0 Å². The fraction of sp³-hybridized carbons (Fsp3) is 0.286. The van der Waals surface area contributed by atoms with E-state index < -0.39 is 0 Å². The Labute approximate surface area is 200 Å². The summed E-state index contributed by atoms with van der Waals surface area (Å²) in [4.78, 5) is 23.7. The summed E-state index contributed by atoms with van der Waals surface area (Å²) < 4.78 is 11.4. The van der Waals surface area contributed by atoms with Gasteiger partial charge in [0.05, 0.1) is 6.26 Å². The molecule has 1 saturated carbocycles. The Bertz CT molecular complexity index is 1050. The average Bonchev–Trinajstić information content (AvgIpc) is 3.55. The number of allylic oxidation sites excluding steroid dienone is 1. The van der Waals surface area contributed by atoms with Gasteiger partial charge in [0.25, 0.3) is 12.4 Å². The molecule has 34 heavy (non-hydrogen) atoms. The number of ether oxygens (including phenoxy) is 1. The molecule has 1 N–H and O–H groups in total. The smallest absolute Gasteiger partial charge is 0.290 e. The third kappa shape index (κ3) is 7.10. The lowest BCUT2D eigenvalue weighted by atomic mass is 10.1. The van der Waals surface area contributed by atoms with E-state index in [4.69, 9.17) is 19.1 Å². The number of amides is 1. The van der Waals surface area contributed by atoms with Crippen molar-refractivity contribution in [3.05, 3.63) is 90.2 Å². The summed E-state index contributed by atoms with van der Waals surface area (Å²) in [6.45, 7) is 3.01. The number of hydrogen-bond donors (Lipinski definition) is 1. The van der Waals surface area contributed by atoms with Crippen LogP contribution in [0.15, 0.2) is 83.5 Å². The zero-order valence-corrected chi connectivity index (χ0v) is 19.4. The summed E-state index contributed by atoms with van der Waals surface area (Å²) in [7, 11) is 0. The molecule has 6 heteroatoms. The van der Waals surface area contributed by atoms with Gasteiger partial charge in [-0.25, -0.2) is 0 Å². The van der Waals surface area contributed by atoms with Crippen LogP contribution in [-0.2, 0) is 11.3 Å². The summed E-state index contributed by atoms with van der Waals surface area (Å²) in [5, 5.41) is 6.89. The van der Waals surface area contributed by atoms with Crippen LogP contribution in [0.4, 0.5) is 0 Å². The van der Waals surface area contributed by atoms with E-state index in [9.17, 15) is 4.79 Å². The van der Waals surface area contributed by atoms with E-state index >= 15 is 0 Å². The largest absolute Gasteiger partial charge is 0.489 e. The number of nitrogens with zero attached hydrogens (tertiary/aromatic N) is 1. The lowest BCUT2D eigenvalue weighted by Crippen LogP contribution is -2.32. The Morgan fingerprint density at radius 2 is 1.82 bits per heavy atom. The molecule has 1 fully saturated rings. The molecule has 0 radical (unpaired) electrons. The maximum absolute atomic E-state index is 13.3. The molecule has 1 heterocycles. The van der Waals surface area contributed by atoms with Gasteiger partial charge < -0.3 is 19.2 Å². The number of carboxylic acid groups (broad SMARTS) is 1. The quantitative estimate of drug-likeness (QED) is 0.288. The van der Waals surface area contributed by atoms with Crippen LogP contribution in [0, 0.1) is 0 Å². The van der Waals surface area contributed by atoms with Crippen molar-refractivity contribution in [2.45, 2.75) is 45.2 Å². The van der Waals surface area contributed by atoms with E-state index in [0.717, 1.165) is 48.3 Å². The molecule has 0 atom stereocenters. The number of carbonyl (C=O) groups excluding carboxylic acids is 1. The second-order valence-electron chi connectivity index (χ2n) is 8.00. The van der Waals surface area contributed by atoms with Crippen LogP contribution < -0.4 is 4.74 Å². The summed E-state index contributed by atoms with van der Waals surface area (Å²) in [5.41, 5.74) is 2.70. The Balaban J connectivity index is 0.00000103. The van der Waals surface area contributed by atoms with Crippen molar-refractivity contribution >= 4 is 12.4 Å². The van der Waals surface area contributed by atoms with Crippen molar-refractivity contribution in [1.82, 2.24) is 4.90 Å². The average molecular weight is 462 g/mol. The number of unbranched alkanes of at least 4 members (excludes halogenated alkanes) is 1. The Kier molecular flexibility index (Phi) is 9.52. The highest BCUT2D eigenvalue weighted by Gasteiger charge is 2.33. The van der Waals surface area contributed by atoms with E-state index in [0.29, 0.717) is 24.8 Å². The number of rotatable bonds is 10. The van der Waals surface area contributed by atoms with Crippen LogP contribution in [0.25, 0.3) is 11.3 Å². The number of benzene rings is 2. The summed E-state index contributed by atoms with van der Waals surface area (Å²) in [6.07, 6.45) is 10.2. The molecule has 1 aliphatic carbocycles. The fourth-order valence-electron chi connectivity index (χ4n) is 3.59. The number of furan rings is 1. The first-order valence-electron chi connectivity index (χ1n) is 11.6. The van der Waals surface area contributed by atoms with Crippen LogP contribution in [0.1, 0.15) is 48.5 Å². The van der Waals surface area contributed by atoms with Crippen molar-refractivity contribution in [2.75, 3.05) is 6.61 Å². The van der Waals surface area contributed by atoms with E-state index in [2.05, 4.69) is 19.1 Å². The minimum Gasteiger partial charge on any atom is -0.489 e. The number of hydrogen-bond acceptors (Lipinski definition) is 4. The molecular weight excluding hydrogens is 430 g/mol. The SMILES string of the molecule is CCC/C=C/COc1ccccc1CN(C(=O)c1ccc(-c2ccco2)cc1)C1CC1.O=CO. The topological polar surface area (TPSA) is 80.0 Å². The standard InChI is InChI=1S/C27H29NO3.CH2O2/c1-2-3-4-7-18-30-26-10-6-5-9-23(26)20-28(24-16-17-24)27(29)22-14-12-21(13-15-22)25-11-8-19-31-25;2-1-3/h4-15,19,24H,2-3,16-18,20H2,1H3;1H,(H,2,3)/b7-4+;. The first-order chi connectivity index (χ1) is 16.7. The van der Waals surface area contributed by atoms with Crippen LogP contribution in [0.2, 0.25) is 0 Å². The molecule has 0 saturated heterocycles. The van der Waals surface area contributed by atoms with Gasteiger partial charge in [0.15, 0.2) is 0 Å². The molecule has 0 aliphatic heterocycles. The summed E-state index contributed by atoms with van der Waals surface area (Å²) >= 11 is 0. The highest BCUT2D eigenvalue weighted by molar-refractivity contribution is 5.95. The molecule has 4 rings (SSSR count). The maximum atomic E-state index is 13.3. The summed E-state index contributed by atoms with van der Waals surface area (Å²) in [6, 6.07) is 19.7. The van der Waals surface area contributed by atoms with Crippen molar-refractivity contribution in [2.24, 2.45) is 0 Å². The summed E-state index contributed by atoms with van der Waals surface area (Å²) in [5.74, 6) is 1.71. The molecule has 1 aromatic heterocycles. The molecule has 0 bridgehead atoms. The van der Waals surface area contributed by atoms with Gasteiger partial charge >= 0.3 is 0 Å². The minimum atomic E-state index is -0.250. The molecule has 1 amide bonds. The van der Waals surface area contributed by atoms with E-state index in [-0.39, 0.29) is 12.4 Å². The van der Waals surface area contributed by atoms with Crippen molar-refractivity contribution in [1.29, 1.82) is 0 Å². The molecule has 0 spiro atoms. The van der Waals surface area contributed by atoms with Gasteiger partial charge in [-0.05, 0) is 49.6 Å². The van der Waals surface area contributed by atoms with Gasteiger partial charge in [0.1, 0.15) is 18.1 Å². The second-order valence-corrected chi connectivity index (χ2v) is 8.00. The predicted octanol–water partition coefficient (Wildman–Crippen LogP) is 6.19. The van der Waals surface area contributed by atoms with Crippen LogP contribution >= 0.6 is 0 Å². The zero-order valence-electron chi connectivity index (χ0n) is 19.4. The van der Waals surface area contributed by atoms with Crippen LogP contribution in [-0.4, -0.2) is 35.0 Å². The van der Waals surface area contributed by atoms with E-state index in [1.54, 1.807) is 6.26 Å². The monoisotopic (exact) mass is 461 g/mol. The molecule has 2 aromatic carbocycles. The third-order valence-electron chi connectivity index (χ3n) is 5.46. The molecular formula is C28H31NO5. The predicted molar refractivity (Wildman–Crippen MR) is 132 cm³/mol. The van der Waals surface area contributed by atoms with E-state index in [1.165, 1.54) is 0 Å². The van der Waals surface area contributed by atoms with Gasteiger partial charge in [-0.3, -0.25) is 9.59 Å². The third-order valence-corrected chi connectivity index (χ3v) is 5.46. The molecule has 0 unspecified atom stereocenters. The minimum absolute atomic E-state index is 0.0612. The highest BCUT2D eigenvalue weighted by Crippen LogP contribution is 2.32. The normalized spacial score (nSPS) is 12.6. The number of carbonyl (C=O) groups is 2. The Morgan fingerprint density at radius 3 is 2.47 bits per heavy atom. The van der Waals surface area contributed by atoms with Gasteiger partial charge in [-0.1, -0.05) is 55.8 Å². The van der Waals surface area contributed by atoms with Gasteiger partial charge in [-0.2, -0.15) is 0 Å². The first-order valence-corrected chi connectivity index (χ1v) is 11.6. The van der Waals surface area contributed by atoms with Crippen LogP contribution in [0.5, 0.6) is 5.75 Å². The molecule has 3 aromatic rings. The van der Waals surface area contributed by atoms with Gasteiger partial charge in [-0.15, -0.1) is 0 Å².